The first kappa shape index (κ1) is 29.4. The quantitative estimate of drug-likeness (QED) is 0.313. The Morgan fingerprint density at radius 1 is 0.838 bits per heavy atom. The van der Waals surface area contributed by atoms with Gasteiger partial charge in [-0.05, 0) is 65.0 Å². The van der Waals surface area contributed by atoms with Crippen LogP contribution in [-0.2, 0) is 33.9 Å². The molecule has 0 saturated heterocycles. The van der Waals surface area contributed by atoms with E-state index in [2.05, 4.69) is 48.7 Å². The van der Waals surface area contributed by atoms with Gasteiger partial charge in [0.2, 0.25) is 5.91 Å². The lowest BCUT2D eigenvalue weighted by Gasteiger charge is -2.25. The molecule has 37 heavy (non-hydrogen) atoms. The smallest absolute Gasteiger partial charge is 0.228 e. The van der Waals surface area contributed by atoms with Gasteiger partial charge in [0.05, 0.1) is 18.7 Å². The molecule has 0 aliphatic rings. The monoisotopic (exact) mass is 533 g/mol. The molecular formula is C29H29ClN3O3P. The van der Waals surface area contributed by atoms with Gasteiger partial charge in [-0.15, -0.1) is 9.24 Å². The summed E-state index contributed by atoms with van der Waals surface area (Å²) in [7, 11) is 2.72. The largest absolute Gasteiger partial charge is 0.361 e. The molecule has 1 N–H and O–H groups in total. The third-order valence-electron chi connectivity index (χ3n) is 5.20. The Hall–Kier alpha value is -3.86. The molecule has 0 radical (unpaired) electrons. The maximum atomic E-state index is 12.4. The van der Waals surface area contributed by atoms with Gasteiger partial charge in [-0.1, -0.05) is 54.1 Å². The lowest BCUT2D eigenvalue weighted by Crippen LogP contribution is -2.23. The summed E-state index contributed by atoms with van der Waals surface area (Å²) in [4.78, 5) is 35.2. The van der Waals surface area contributed by atoms with Gasteiger partial charge in [-0.25, -0.2) is 0 Å². The van der Waals surface area contributed by atoms with E-state index in [4.69, 9.17) is 21.2 Å². The molecule has 190 valence electrons. The molecule has 0 spiro atoms. The van der Waals surface area contributed by atoms with Gasteiger partial charge in [0.1, 0.15) is 13.6 Å². The van der Waals surface area contributed by atoms with Crippen LogP contribution < -0.4 is 15.5 Å². The van der Waals surface area contributed by atoms with Crippen molar-refractivity contribution in [3.05, 3.63) is 119 Å². The SMILES string of the molecule is C=O.C=O.O=C(Cc1cccc(Cl)c1)Nc1ccc(CN(Cc2ccccn2)c2ccc(P)cc2)cc1. The first-order valence-corrected chi connectivity index (χ1v) is 12.2. The second-order valence-corrected chi connectivity index (χ2v) is 8.92. The van der Waals surface area contributed by atoms with Gasteiger partial charge in [0.15, 0.2) is 0 Å². The van der Waals surface area contributed by atoms with E-state index in [0.717, 1.165) is 40.0 Å². The van der Waals surface area contributed by atoms with Crippen LogP contribution in [-0.4, -0.2) is 24.5 Å². The summed E-state index contributed by atoms with van der Waals surface area (Å²) in [6, 6.07) is 29.7. The molecule has 1 atom stereocenters. The highest BCUT2D eigenvalue weighted by Crippen LogP contribution is 2.21. The predicted molar refractivity (Wildman–Crippen MR) is 154 cm³/mol. The van der Waals surface area contributed by atoms with Crippen molar-refractivity contribution in [2.45, 2.75) is 19.5 Å². The minimum absolute atomic E-state index is 0.0701. The second-order valence-electron chi connectivity index (χ2n) is 7.82. The Kier molecular flexibility index (Phi) is 12.7. The fourth-order valence-corrected chi connectivity index (χ4v) is 3.97. The number of amides is 1. The van der Waals surface area contributed by atoms with Gasteiger partial charge < -0.3 is 19.8 Å². The maximum absolute atomic E-state index is 12.4. The predicted octanol–water partition coefficient (Wildman–Crippen LogP) is 5.25. The molecule has 0 aliphatic carbocycles. The highest BCUT2D eigenvalue weighted by atomic mass is 35.5. The first-order chi connectivity index (χ1) is 18.0. The molecule has 1 amide bonds. The summed E-state index contributed by atoms with van der Waals surface area (Å²) in [6.07, 6.45) is 2.10. The van der Waals surface area contributed by atoms with E-state index >= 15 is 0 Å². The van der Waals surface area contributed by atoms with Crippen molar-refractivity contribution < 1.29 is 14.4 Å². The van der Waals surface area contributed by atoms with Crippen molar-refractivity contribution in [1.82, 2.24) is 4.98 Å². The summed E-state index contributed by atoms with van der Waals surface area (Å²) in [5.74, 6) is -0.0701. The minimum Gasteiger partial charge on any atom is -0.361 e. The lowest BCUT2D eigenvalue weighted by atomic mass is 10.1. The van der Waals surface area contributed by atoms with E-state index in [1.807, 2.05) is 80.4 Å². The molecule has 0 bridgehead atoms. The summed E-state index contributed by atoms with van der Waals surface area (Å²) in [5, 5.41) is 4.74. The van der Waals surface area contributed by atoms with E-state index in [1.165, 1.54) is 0 Å². The highest BCUT2D eigenvalue weighted by Gasteiger charge is 2.10. The highest BCUT2D eigenvalue weighted by molar-refractivity contribution is 7.27. The van der Waals surface area contributed by atoms with Crippen LogP contribution in [0.1, 0.15) is 16.8 Å². The maximum Gasteiger partial charge on any atom is 0.228 e. The molecule has 1 aromatic heterocycles. The molecule has 1 unspecified atom stereocenters. The number of pyridine rings is 1. The molecule has 1 heterocycles. The van der Waals surface area contributed by atoms with E-state index in [-0.39, 0.29) is 12.3 Å². The summed E-state index contributed by atoms with van der Waals surface area (Å²) >= 11 is 6.01. The average Bonchev–Trinajstić information content (AvgIpc) is 2.93. The van der Waals surface area contributed by atoms with Crippen LogP contribution in [0.15, 0.2) is 97.2 Å². The van der Waals surface area contributed by atoms with Crippen molar-refractivity contribution in [2.75, 3.05) is 10.2 Å². The number of hydrogen-bond donors (Lipinski definition) is 1. The molecule has 4 rings (SSSR count). The van der Waals surface area contributed by atoms with Crippen LogP contribution in [0.3, 0.4) is 0 Å². The van der Waals surface area contributed by atoms with Crippen LogP contribution in [0.2, 0.25) is 5.02 Å². The number of halogens is 1. The Bertz CT molecular complexity index is 1240. The third-order valence-corrected chi connectivity index (χ3v) is 5.82. The van der Waals surface area contributed by atoms with E-state index in [1.54, 1.807) is 6.07 Å². The van der Waals surface area contributed by atoms with Gasteiger partial charge in [-0.2, -0.15) is 0 Å². The number of aromatic nitrogens is 1. The van der Waals surface area contributed by atoms with Crippen molar-refractivity contribution in [3.63, 3.8) is 0 Å². The zero-order valence-electron chi connectivity index (χ0n) is 20.3. The number of anilines is 2. The van der Waals surface area contributed by atoms with Crippen LogP contribution in [0.4, 0.5) is 11.4 Å². The van der Waals surface area contributed by atoms with E-state index in [0.29, 0.717) is 11.6 Å². The summed E-state index contributed by atoms with van der Waals surface area (Å²) in [5.41, 5.74) is 4.95. The minimum atomic E-state index is -0.0701. The molecule has 8 heteroatoms. The van der Waals surface area contributed by atoms with Crippen molar-refractivity contribution in [2.24, 2.45) is 0 Å². The Morgan fingerprint density at radius 2 is 1.54 bits per heavy atom. The van der Waals surface area contributed by atoms with E-state index in [9.17, 15) is 4.79 Å². The van der Waals surface area contributed by atoms with Gasteiger partial charge in [0, 0.05) is 29.1 Å². The normalized spacial score (nSPS) is 9.68. The fourth-order valence-electron chi connectivity index (χ4n) is 3.56. The van der Waals surface area contributed by atoms with Crippen LogP contribution in [0, 0.1) is 0 Å². The van der Waals surface area contributed by atoms with E-state index < -0.39 is 0 Å². The number of rotatable bonds is 8. The standard InChI is InChI=1S/C27H25ClN3OP.2CH2O/c28-22-5-3-4-21(16-22)17-27(32)30-23-9-7-20(8-10-23)18-31(19-24-6-1-2-15-29-24)25-11-13-26(33)14-12-25;2*1-2/h1-16H,17-19,33H2,(H,30,32);2*1H2. The zero-order chi connectivity index (χ0) is 27.0. The van der Waals surface area contributed by atoms with Gasteiger partial charge in [-0.3, -0.25) is 9.78 Å². The van der Waals surface area contributed by atoms with Crippen molar-refractivity contribution in [3.8, 4) is 0 Å². The summed E-state index contributed by atoms with van der Waals surface area (Å²) in [6.45, 7) is 5.43. The molecular weight excluding hydrogens is 505 g/mol. The van der Waals surface area contributed by atoms with Gasteiger partial charge in [0.25, 0.3) is 0 Å². The Labute approximate surface area is 224 Å². The van der Waals surface area contributed by atoms with Crippen molar-refractivity contribution >= 4 is 57.0 Å². The molecule has 0 saturated carbocycles. The number of carbonyl (C=O) groups excluding carboxylic acids is 3. The second kappa shape index (κ2) is 16.0. The average molecular weight is 534 g/mol. The number of nitrogens with one attached hydrogen (secondary N) is 1. The molecule has 4 aromatic rings. The van der Waals surface area contributed by atoms with Crippen LogP contribution in [0.25, 0.3) is 0 Å². The first-order valence-electron chi connectivity index (χ1n) is 11.3. The molecule has 0 aliphatic heterocycles. The van der Waals surface area contributed by atoms with Crippen molar-refractivity contribution in [1.29, 1.82) is 0 Å². The zero-order valence-corrected chi connectivity index (χ0v) is 22.3. The topological polar surface area (TPSA) is 79.4 Å². The summed E-state index contributed by atoms with van der Waals surface area (Å²) < 4.78 is 0. The number of benzene rings is 3. The fraction of sp³-hybridized carbons (Fsp3) is 0.103. The molecule has 3 aromatic carbocycles. The number of carbonyl (C=O) groups is 3. The Morgan fingerprint density at radius 3 is 2.16 bits per heavy atom. The molecule has 6 nitrogen and oxygen atoms in total. The van der Waals surface area contributed by atoms with Gasteiger partial charge >= 0.3 is 0 Å². The number of hydrogen-bond acceptors (Lipinski definition) is 5. The third kappa shape index (κ3) is 9.96. The molecule has 0 fully saturated rings. The Balaban J connectivity index is 0.00000115. The lowest BCUT2D eigenvalue weighted by molar-refractivity contribution is -0.115. The van der Waals surface area contributed by atoms with Crippen LogP contribution in [0.5, 0.6) is 0 Å². The number of nitrogens with zero attached hydrogens (tertiary/aromatic N) is 2. The van der Waals surface area contributed by atoms with Crippen LogP contribution >= 0.6 is 20.8 Å².